The van der Waals surface area contributed by atoms with E-state index in [-0.39, 0.29) is 11.2 Å². The molecule has 2 aromatic rings. The fourth-order valence-electron chi connectivity index (χ4n) is 4.10. The first-order valence-electron chi connectivity index (χ1n) is 10.3. The molecular formula is C24H28ClN3O. The van der Waals surface area contributed by atoms with E-state index in [0.29, 0.717) is 0 Å². The predicted molar refractivity (Wildman–Crippen MR) is 119 cm³/mol. The lowest BCUT2D eigenvalue weighted by atomic mass is 9.88. The van der Waals surface area contributed by atoms with Gasteiger partial charge < -0.3 is 4.90 Å². The molecule has 2 heterocycles. The Morgan fingerprint density at radius 3 is 2.52 bits per heavy atom. The van der Waals surface area contributed by atoms with Crippen LogP contribution in [0.2, 0.25) is 5.02 Å². The van der Waals surface area contributed by atoms with Crippen molar-refractivity contribution >= 4 is 28.9 Å². The van der Waals surface area contributed by atoms with Crippen molar-refractivity contribution in [1.82, 2.24) is 9.80 Å². The summed E-state index contributed by atoms with van der Waals surface area (Å²) < 4.78 is 0. The van der Waals surface area contributed by atoms with Crippen LogP contribution in [0, 0.1) is 5.41 Å². The van der Waals surface area contributed by atoms with Gasteiger partial charge in [0.25, 0.3) is 0 Å². The number of hydrogen-bond donors (Lipinski definition) is 0. The van der Waals surface area contributed by atoms with Crippen molar-refractivity contribution < 1.29 is 4.79 Å². The molecule has 0 bridgehead atoms. The number of piperazine rings is 1. The second-order valence-electron chi connectivity index (χ2n) is 8.75. The van der Waals surface area contributed by atoms with Crippen molar-refractivity contribution in [1.29, 1.82) is 0 Å². The number of halogens is 1. The van der Waals surface area contributed by atoms with Gasteiger partial charge in [-0.05, 0) is 42.3 Å². The first kappa shape index (κ1) is 20.1. The summed E-state index contributed by atoms with van der Waals surface area (Å²) in [7, 11) is 0. The van der Waals surface area contributed by atoms with Crippen LogP contribution in [0.1, 0.15) is 37.5 Å². The molecule has 2 aromatic carbocycles. The number of rotatable bonds is 3. The van der Waals surface area contributed by atoms with Gasteiger partial charge in [0.15, 0.2) is 0 Å². The lowest BCUT2D eigenvalue weighted by Gasteiger charge is -2.39. The summed E-state index contributed by atoms with van der Waals surface area (Å²) in [5, 5.41) is 0.763. The molecule has 0 spiro atoms. The summed E-state index contributed by atoms with van der Waals surface area (Å²) in [5.74, 6) is 1.28. The molecule has 0 unspecified atom stereocenters. The zero-order valence-corrected chi connectivity index (χ0v) is 18.2. The first-order chi connectivity index (χ1) is 13.8. The van der Waals surface area contributed by atoms with Crippen molar-refractivity contribution in [2.75, 3.05) is 32.7 Å². The Labute approximate surface area is 178 Å². The van der Waals surface area contributed by atoms with Crippen LogP contribution in [0.4, 0.5) is 5.69 Å². The van der Waals surface area contributed by atoms with Gasteiger partial charge >= 0.3 is 0 Å². The fourth-order valence-corrected chi connectivity index (χ4v) is 4.30. The minimum Gasteiger partial charge on any atom is -0.354 e. The van der Waals surface area contributed by atoms with Crippen LogP contribution in [-0.4, -0.2) is 54.1 Å². The Balaban J connectivity index is 1.60. The van der Waals surface area contributed by atoms with E-state index in [1.54, 1.807) is 6.92 Å². The first-order valence-corrected chi connectivity index (χ1v) is 10.6. The number of aliphatic imine (C=N–C) groups is 1. The standard InChI is InChI=1S/C24H28ClN3O/c1-17(29)24(2,3)16-27-10-12-28(13-11-27)23-21-9-8-20(25)15-19(21)14-18-6-4-5-7-22(18)26-23/h4-9,15H,10-14,16H2,1-3H3. The summed E-state index contributed by atoms with van der Waals surface area (Å²) in [6.45, 7) is 10.2. The highest BCUT2D eigenvalue weighted by Gasteiger charge is 2.30. The highest BCUT2D eigenvalue weighted by molar-refractivity contribution is 6.30. The van der Waals surface area contributed by atoms with Crippen LogP contribution in [0.25, 0.3) is 0 Å². The van der Waals surface area contributed by atoms with Gasteiger partial charge in [-0.25, -0.2) is 4.99 Å². The zero-order chi connectivity index (χ0) is 20.6. The molecule has 0 radical (unpaired) electrons. The van der Waals surface area contributed by atoms with Crippen LogP contribution in [0.3, 0.4) is 0 Å². The Hall–Kier alpha value is -2.17. The summed E-state index contributed by atoms with van der Waals surface area (Å²) >= 11 is 6.31. The molecule has 0 amide bonds. The quantitative estimate of drug-likeness (QED) is 0.745. The normalized spacial score (nSPS) is 17.2. The Morgan fingerprint density at radius 1 is 1.07 bits per heavy atom. The maximum atomic E-state index is 11.9. The molecule has 2 aliphatic rings. The third-order valence-electron chi connectivity index (χ3n) is 6.15. The lowest BCUT2D eigenvalue weighted by Crippen LogP contribution is -2.51. The minimum absolute atomic E-state index is 0.246. The number of nitrogens with zero attached hydrogens (tertiary/aromatic N) is 3. The third-order valence-corrected chi connectivity index (χ3v) is 6.39. The van der Waals surface area contributed by atoms with E-state index < -0.39 is 0 Å². The van der Waals surface area contributed by atoms with Crippen LogP contribution in [0.15, 0.2) is 47.5 Å². The van der Waals surface area contributed by atoms with Crippen LogP contribution in [-0.2, 0) is 11.2 Å². The van der Waals surface area contributed by atoms with Crippen LogP contribution in [0.5, 0.6) is 0 Å². The van der Waals surface area contributed by atoms with Crippen molar-refractivity contribution in [2.45, 2.75) is 27.2 Å². The largest absolute Gasteiger partial charge is 0.354 e. The van der Waals surface area contributed by atoms with Gasteiger partial charge in [0.05, 0.1) is 5.69 Å². The number of fused-ring (bicyclic) bond motifs is 2. The smallest absolute Gasteiger partial charge is 0.136 e. The van der Waals surface area contributed by atoms with E-state index in [2.05, 4.69) is 40.1 Å². The number of Topliss-reactive ketones (excluding diaryl/α,β-unsaturated/α-hetero) is 1. The molecule has 0 aliphatic carbocycles. The molecule has 0 atom stereocenters. The van der Waals surface area contributed by atoms with Crippen LogP contribution >= 0.6 is 11.6 Å². The molecule has 29 heavy (non-hydrogen) atoms. The topological polar surface area (TPSA) is 35.9 Å². The van der Waals surface area contributed by atoms with Gasteiger partial charge in [-0.1, -0.05) is 43.6 Å². The Morgan fingerprint density at radius 2 is 1.79 bits per heavy atom. The van der Waals surface area contributed by atoms with Gasteiger partial charge in [-0.15, -0.1) is 0 Å². The number of benzene rings is 2. The van der Waals surface area contributed by atoms with Gasteiger partial charge in [0.2, 0.25) is 0 Å². The number of hydrogen-bond acceptors (Lipinski definition) is 4. The molecule has 5 heteroatoms. The van der Waals surface area contributed by atoms with E-state index in [9.17, 15) is 4.79 Å². The molecule has 0 aromatic heterocycles. The summed E-state index contributed by atoms with van der Waals surface area (Å²) in [4.78, 5) is 21.8. The maximum Gasteiger partial charge on any atom is 0.136 e. The molecule has 2 aliphatic heterocycles. The highest BCUT2D eigenvalue weighted by Crippen LogP contribution is 2.31. The maximum absolute atomic E-state index is 11.9. The number of carbonyl (C=O) groups is 1. The molecular weight excluding hydrogens is 382 g/mol. The average molecular weight is 410 g/mol. The van der Waals surface area contributed by atoms with E-state index in [0.717, 1.165) is 55.7 Å². The summed E-state index contributed by atoms with van der Waals surface area (Å²) in [6.07, 6.45) is 0.839. The number of para-hydroxylation sites is 1. The molecule has 0 saturated carbocycles. The van der Waals surface area contributed by atoms with E-state index in [1.165, 1.54) is 16.7 Å². The summed E-state index contributed by atoms with van der Waals surface area (Å²) in [5.41, 5.74) is 4.36. The second-order valence-corrected chi connectivity index (χ2v) is 9.18. The zero-order valence-electron chi connectivity index (χ0n) is 17.4. The molecule has 152 valence electrons. The second kappa shape index (κ2) is 7.92. The lowest BCUT2D eigenvalue weighted by molar-refractivity contribution is -0.126. The number of ketones is 1. The number of carbonyl (C=O) groups excluding carboxylic acids is 1. The number of amidine groups is 1. The average Bonchev–Trinajstić information content (AvgIpc) is 2.84. The molecule has 4 rings (SSSR count). The Bertz CT molecular complexity index is 958. The Kier molecular flexibility index (Phi) is 5.50. The van der Waals surface area contributed by atoms with Crippen molar-refractivity contribution in [3.63, 3.8) is 0 Å². The molecule has 0 N–H and O–H groups in total. The van der Waals surface area contributed by atoms with Gasteiger partial charge in [0.1, 0.15) is 11.6 Å². The van der Waals surface area contributed by atoms with E-state index in [4.69, 9.17) is 16.6 Å². The van der Waals surface area contributed by atoms with Crippen molar-refractivity contribution in [3.05, 3.63) is 64.2 Å². The summed E-state index contributed by atoms with van der Waals surface area (Å²) in [6, 6.07) is 14.5. The molecule has 1 fully saturated rings. The van der Waals surface area contributed by atoms with Gasteiger partial charge in [-0.2, -0.15) is 0 Å². The van der Waals surface area contributed by atoms with Gasteiger partial charge in [-0.3, -0.25) is 9.69 Å². The monoisotopic (exact) mass is 409 g/mol. The SMILES string of the molecule is CC(=O)C(C)(C)CN1CCN(C2=Nc3ccccc3Cc3cc(Cl)ccc32)CC1. The molecule has 4 nitrogen and oxygen atoms in total. The predicted octanol–water partition coefficient (Wildman–Crippen LogP) is 4.56. The molecule has 1 saturated heterocycles. The van der Waals surface area contributed by atoms with E-state index >= 15 is 0 Å². The van der Waals surface area contributed by atoms with Crippen molar-refractivity contribution in [3.8, 4) is 0 Å². The van der Waals surface area contributed by atoms with Crippen LogP contribution < -0.4 is 0 Å². The minimum atomic E-state index is -0.301. The third kappa shape index (κ3) is 4.24. The highest BCUT2D eigenvalue weighted by atomic mass is 35.5. The van der Waals surface area contributed by atoms with E-state index in [1.807, 2.05) is 26.0 Å². The fraction of sp³-hybridized carbons (Fsp3) is 0.417. The van der Waals surface area contributed by atoms with Crippen molar-refractivity contribution in [2.24, 2.45) is 10.4 Å². The van der Waals surface area contributed by atoms with Gasteiger partial charge in [0, 0.05) is 55.1 Å².